The minimum Gasteiger partial charge on any atom is -0.352 e. The summed E-state index contributed by atoms with van der Waals surface area (Å²) in [5.41, 5.74) is 4.50. The molecule has 8 nitrogen and oxygen atoms in total. The third kappa shape index (κ3) is 4.47. The van der Waals surface area contributed by atoms with E-state index in [0.717, 1.165) is 22.6 Å². The second-order valence-electron chi connectivity index (χ2n) is 7.63. The van der Waals surface area contributed by atoms with Gasteiger partial charge >= 0.3 is 0 Å². The summed E-state index contributed by atoms with van der Waals surface area (Å²) in [4.78, 5) is 21.3. The SMILES string of the molecule is Cc1cccc(-n2nc(CC(=O)NCc3cccc(F)c3)cc2-c2ccc3ncnn3c2)n1. The number of carbonyl (C=O) groups is 1. The lowest BCUT2D eigenvalue weighted by Crippen LogP contribution is -2.24. The van der Waals surface area contributed by atoms with Crippen LogP contribution in [0, 0.1) is 12.7 Å². The third-order valence-corrected chi connectivity index (χ3v) is 5.14. The highest BCUT2D eigenvalue weighted by atomic mass is 19.1. The lowest BCUT2D eigenvalue weighted by Gasteiger charge is -2.07. The first kappa shape index (κ1) is 20.5. The van der Waals surface area contributed by atoms with E-state index in [2.05, 4.69) is 25.5 Å². The summed E-state index contributed by atoms with van der Waals surface area (Å²) in [6, 6.07) is 17.5. The molecular weight excluding hydrogens is 421 g/mol. The van der Waals surface area contributed by atoms with Crippen LogP contribution in [0.1, 0.15) is 17.0 Å². The van der Waals surface area contributed by atoms with Crippen molar-refractivity contribution in [2.75, 3.05) is 0 Å². The van der Waals surface area contributed by atoms with Crippen LogP contribution in [0.4, 0.5) is 4.39 Å². The van der Waals surface area contributed by atoms with Crippen molar-refractivity contribution >= 4 is 11.6 Å². The minimum absolute atomic E-state index is 0.0761. The Bertz CT molecular complexity index is 1460. The lowest BCUT2D eigenvalue weighted by atomic mass is 10.1. The summed E-state index contributed by atoms with van der Waals surface area (Å²) in [5.74, 6) is 0.106. The molecule has 0 atom stereocenters. The molecule has 0 aliphatic heterocycles. The minimum atomic E-state index is -0.333. The maximum atomic E-state index is 13.4. The number of fused-ring (bicyclic) bond motifs is 1. The number of hydrogen-bond acceptors (Lipinski definition) is 5. The smallest absolute Gasteiger partial charge is 0.226 e. The molecule has 4 aromatic heterocycles. The van der Waals surface area contributed by atoms with Crippen molar-refractivity contribution in [1.82, 2.24) is 34.7 Å². The molecule has 0 saturated carbocycles. The molecule has 0 aliphatic carbocycles. The Balaban J connectivity index is 1.44. The normalized spacial score (nSPS) is 11.1. The van der Waals surface area contributed by atoms with Gasteiger partial charge in [-0.3, -0.25) is 4.79 Å². The molecule has 0 bridgehead atoms. The first-order valence-corrected chi connectivity index (χ1v) is 10.4. The van der Waals surface area contributed by atoms with Gasteiger partial charge in [-0.05, 0) is 55.0 Å². The highest BCUT2D eigenvalue weighted by molar-refractivity contribution is 5.78. The number of benzene rings is 1. The van der Waals surface area contributed by atoms with E-state index in [-0.39, 0.29) is 24.7 Å². The third-order valence-electron chi connectivity index (χ3n) is 5.14. The van der Waals surface area contributed by atoms with Gasteiger partial charge in [-0.25, -0.2) is 23.6 Å². The predicted molar refractivity (Wildman–Crippen MR) is 120 cm³/mol. The number of carbonyl (C=O) groups excluding carboxylic acids is 1. The number of aromatic nitrogens is 6. The Hall–Kier alpha value is -4.40. The van der Waals surface area contributed by atoms with Crippen LogP contribution in [0.2, 0.25) is 0 Å². The van der Waals surface area contributed by atoms with E-state index in [0.29, 0.717) is 17.1 Å². The summed E-state index contributed by atoms with van der Waals surface area (Å²) in [7, 11) is 0. The van der Waals surface area contributed by atoms with Gasteiger partial charge in [0.15, 0.2) is 11.5 Å². The Morgan fingerprint density at radius 3 is 2.82 bits per heavy atom. The van der Waals surface area contributed by atoms with E-state index in [9.17, 15) is 9.18 Å². The number of nitrogens with zero attached hydrogens (tertiary/aromatic N) is 6. The van der Waals surface area contributed by atoms with Gasteiger partial charge in [-0.2, -0.15) is 10.2 Å². The Morgan fingerprint density at radius 1 is 1.09 bits per heavy atom. The first-order chi connectivity index (χ1) is 16.0. The highest BCUT2D eigenvalue weighted by Gasteiger charge is 2.16. The molecule has 9 heteroatoms. The Labute approximate surface area is 188 Å². The molecule has 164 valence electrons. The average Bonchev–Trinajstić information content (AvgIpc) is 3.44. The fraction of sp³-hybridized carbons (Fsp3) is 0.125. The number of rotatable bonds is 6. The molecule has 0 spiro atoms. The van der Waals surface area contributed by atoms with E-state index in [1.54, 1.807) is 21.3 Å². The quantitative estimate of drug-likeness (QED) is 0.437. The van der Waals surface area contributed by atoms with Crippen LogP contribution < -0.4 is 5.32 Å². The van der Waals surface area contributed by atoms with Crippen molar-refractivity contribution < 1.29 is 9.18 Å². The zero-order valence-electron chi connectivity index (χ0n) is 17.8. The second-order valence-corrected chi connectivity index (χ2v) is 7.63. The number of amides is 1. The molecular formula is C24H20FN7O. The topological polar surface area (TPSA) is 90.0 Å². The molecule has 1 aromatic carbocycles. The van der Waals surface area contributed by atoms with Crippen molar-refractivity contribution in [2.45, 2.75) is 19.9 Å². The number of hydrogen-bond donors (Lipinski definition) is 1. The zero-order valence-corrected chi connectivity index (χ0v) is 17.8. The van der Waals surface area contributed by atoms with Gasteiger partial charge in [0.2, 0.25) is 5.91 Å². The number of nitrogens with one attached hydrogen (secondary N) is 1. The monoisotopic (exact) mass is 441 g/mol. The van der Waals surface area contributed by atoms with Crippen LogP contribution in [0.15, 0.2) is 73.2 Å². The molecule has 0 aliphatic rings. The largest absolute Gasteiger partial charge is 0.352 e. The molecule has 1 N–H and O–H groups in total. The fourth-order valence-corrected chi connectivity index (χ4v) is 3.59. The standard InChI is InChI=1S/C24H20FN7O/c1-16-4-2-7-23(29-16)32-21(18-8-9-22-27-15-28-31(22)14-18)11-20(30-32)12-24(33)26-13-17-5-3-6-19(25)10-17/h2-11,14-15H,12-13H2,1H3,(H,26,33). The van der Waals surface area contributed by atoms with E-state index in [1.807, 2.05) is 49.5 Å². The molecule has 0 fully saturated rings. The number of aryl methyl sites for hydroxylation is 1. The fourth-order valence-electron chi connectivity index (χ4n) is 3.59. The maximum absolute atomic E-state index is 13.4. The Kier molecular flexibility index (Phi) is 5.35. The van der Waals surface area contributed by atoms with Crippen molar-refractivity contribution in [3.8, 4) is 17.1 Å². The van der Waals surface area contributed by atoms with E-state index in [4.69, 9.17) is 0 Å². The van der Waals surface area contributed by atoms with Gasteiger partial charge in [0.25, 0.3) is 0 Å². The lowest BCUT2D eigenvalue weighted by molar-refractivity contribution is -0.120. The molecule has 4 heterocycles. The summed E-state index contributed by atoms with van der Waals surface area (Å²) in [6.07, 6.45) is 3.43. The van der Waals surface area contributed by atoms with Crippen molar-refractivity contribution in [2.24, 2.45) is 0 Å². The highest BCUT2D eigenvalue weighted by Crippen LogP contribution is 2.24. The molecule has 5 aromatic rings. The number of halogens is 1. The molecule has 5 rings (SSSR count). The van der Waals surface area contributed by atoms with Gasteiger partial charge in [0.1, 0.15) is 12.1 Å². The second kappa shape index (κ2) is 8.62. The van der Waals surface area contributed by atoms with Crippen LogP contribution in [0.25, 0.3) is 22.7 Å². The molecule has 1 amide bonds. The van der Waals surface area contributed by atoms with Crippen molar-refractivity contribution in [1.29, 1.82) is 0 Å². The Morgan fingerprint density at radius 2 is 1.97 bits per heavy atom. The van der Waals surface area contributed by atoms with Crippen molar-refractivity contribution in [3.05, 3.63) is 96.0 Å². The molecule has 0 saturated heterocycles. The maximum Gasteiger partial charge on any atom is 0.226 e. The zero-order chi connectivity index (χ0) is 22.8. The van der Waals surface area contributed by atoms with Gasteiger partial charge in [-0.1, -0.05) is 18.2 Å². The van der Waals surface area contributed by atoms with E-state index >= 15 is 0 Å². The van der Waals surface area contributed by atoms with Gasteiger partial charge in [0.05, 0.1) is 17.8 Å². The van der Waals surface area contributed by atoms with E-state index in [1.165, 1.54) is 18.5 Å². The van der Waals surface area contributed by atoms with Gasteiger partial charge < -0.3 is 5.32 Å². The van der Waals surface area contributed by atoms with Crippen LogP contribution in [0.3, 0.4) is 0 Å². The summed E-state index contributed by atoms with van der Waals surface area (Å²) < 4.78 is 16.8. The molecule has 0 radical (unpaired) electrons. The summed E-state index contributed by atoms with van der Waals surface area (Å²) in [6.45, 7) is 2.15. The summed E-state index contributed by atoms with van der Waals surface area (Å²) >= 11 is 0. The number of pyridine rings is 2. The van der Waals surface area contributed by atoms with Crippen LogP contribution in [-0.2, 0) is 17.8 Å². The van der Waals surface area contributed by atoms with Gasteiger partial charge in [0, 0.05) is 24.0 Å². The van der Waals surface area contributed by atoms with Crippen LogP contribution in [-0.4, -0.2) is 35.3 Å². The average molecular weight is 441 g/mol. The van der Waals surface area contributed by atoms with E-state index < -0.39 is 0 Å². The van der Waals surface area contributed by atoms with Crippen LogP contribution >= 0.6 is 0 Å². The molecule has 0 unspecified atom stereocenters. The first-order valence-electron chi connectivity index (χ1n) is 10.4. The summed E-state index contributed by atoms with van der Waals surface area (Å²) in [5, 5.41) is 11.7. The van der Waals surface area contributed by atoms with Crippen molar-refractivity contribution in [3.63, 3.8) is 0 Å². The molecule has 33 heavy (non-hydrogen) atoms. The van der Waals surface area contributed by atoms with Crippen LogP contribution in [0.5, 0.6) is 0 Å². The van der Waals surface area contributed by atoms with Gasteiger partial charge in [-0.15, -0.1) is 0 Å². The predicted octanol–water partition coefficient (Wildman–Crippen LogP) is 3.28.